The van der Waals surface area contributed by atoms with E-state index in [-0.39, 0.29) is 23.9 Å². The monoisotopic (exact) mass is 357 g/mol. The van der Waals surface area contributed by atoms with Gasteiger partial charge in [-0.05, 0) is 48.4 Å². The van der Waals surface area contributed by atoms with E-state index in [1.165, 1.54) is 0 Å². The lowest BCUT2D eigenvalue weighted by atomic mass is 10.0. The van der Waals surface area contributed by atoms with E-state index >= 15 is 0 Å². The first-order valence-corrected chi connectivity index (χ1v) is 9.42. The van der Waals surface area contributed by atoms with Crippen LogP contribution in [0.2, 0.25) is 0 Å². The average molecular weight is 357 g/mol. The van der Waals surface area contributed by atoms with E-state index in [2.05, 4.69) is 29.8 Å². The third-order valence-electron chi connectivity index (χ3n) is 4.10. The van der Waals surface area contributed by atoms with Gasteiger partial charge in [-0.3, -0.25) is 4.79 Å². The highest BCUT2D eigenvalue weighted by molar-refractivity contribution is 7.10. The Morgan fingerprint density at radius 3 is 2.60 bits per heavy atom. The van der Waals surface area contributed by atoms with E-state index < -0.39 is 0 Å². The molecular weight excluding hydrogens is 334 g/mol. The molecule has 0 radical (unpaired) electrons. The number of rotatable bonds is 6. The summed E-state index contributed by atoms with van der Waals surface area (Å²) in [5.41, 5.74) is 1.16. The van der Waals surface area contributed by atoms with Crippen molar-refractivity contribution in [2.24, 2.45) is 5.92 Å². The standard InChI is InChI=1S/C19H23N3O2S/c1-12(2)17(16-7-4-10-25-16)22-19(24)21-15-6-3-5-13(11-15)18(23)20-14-8-9-14/h3-7,10-12,14,17H,8-9H2,1-2H3,(H,20,23)(H2,21,22,24). The van der Waals surface area contributed by atoms with Crippen LogP contribution in [-0.2, 0) is 0 Å². The third-order valence-corrected chi connectivity index (χ3v) is 5.05. The van der Waals surface area contributed by atoms with Crippen LogP contribution in [-0.4, -0.2) is 18.0 Å². The second kappa shape index (κ2) is 7.70. The minimum absolute atomic E-state index is 0.0404. The van der Waals surface area contributed by atoms with Crippen molar-refractivity contribution >= 4 is 29.0 Å². The Balaban J connectivity index is 1.63. The van der Waals surface area contributed by atoms with Crippen molar-refractivity contribution in [1.82, 2.24) is 10.6 Å². The maximum atomic E-state index is 12.4. The molecule has 3 N–H and O–H groups in total. The number of carbonyl (C=O) groups is 2. The number of amides is 3. The molecule has 132 valence electrons. The van der Waals surface area contributed by atoms with E-state index in [1.807, 2.05) is 17.5 Å². The molecule has 1 unspecified atom stereocenters. The molecule has 0 aliphatic heterocycles. The molecule has 3 amide bonds. The number of nitrogens with one attached hydrogen (secondary N) is 3. The van der Waals surface area contributed by atoms with Gasteiger partial charge in [0.15, 0.2) is 0 Å². The first-order chi connectivity index (χ1) is 12.0. The Bertz CT molecular complexity index is 739. The molecule has 1 aliphatic carbocycles. The summed E-state index contributed by atoms with van der Waals surface area (Å²) in [6, 6.07) is 11.0. The van der Waals surface area contributed by atoms with E-state index in [9.17, 15) is 9.59 Å². The van der Waals surface area contributed by atoms with Crippen molar-refractivity contribution < 1.29 is 9.59 Å². The fourth-order valence-corrected chi connectivity index (χ4v) is 3.53. The number of urea groups is 1. The van der Waals surface area contributed by atoms with Crippen molar-refractivity contribution in [1.29, 1.82) is 0 Å². The predicted octanol–water partition coefficient (Wildman–Crippen LogP) is 4.16. The molecule has 0 bridgehead atoms. The predicted molar refractivity (Wildman–Crippen MR) is 101 cm³/mol. The van der Waals surface area contributed by atoms with Crippen molar-refractivity contribution in [2.75, 3.05) is 5.32 Å². The van der Waals surface area contributed by atoms with Crippen molar-refractivity contribution in [3.8, 4) is 0 Å². The Morgan fingerprint density at radius 2 is 1.96 bits per heavy atom. The minimum atomic E-state index is -0.271. The van der Waals surface area contributed by atoms with Gasteiger partial charge >= 0.3 is 6.03 Å². The Labute approximate surface area is 151 Å². The molecule has 0 saturated heterocycles. The molecular formula is C19H23N3O2S. The summed E-state index contributed by atoms with van der Waals surface area (Å²) < 4.78 is 0. The van der Waals surface area contributed by atoms with Crippen LogP contribution in [0.15, 0.2) is 41.8 Å². The number of anilines is 1. The van der Waals surface area contributed by atoms with Crippen LogP contribution >= 0.6 is 11.3 Å². The van der Waals surface area contributed by atoms with Gasteiger partial charge < -0.3 is 16.0 Å². The van der Waals surface area contributed by atoms with Gasteiger partial charge in [0.1, 0.15) is 0 Å². The lowest BCUT2D eigenvalue weighted by Gasteiger charge is -2.21. The molecule has 2 aromatic rings. The molecule has 1 aromatic heterocycles. The highest BCUT2D eigenvalue weighted by atomic mass is 32.1. The zero-order valence-electron chi connectivity index (χ0n) is 14.4. The molecule has 3 rings (SSSR count). The molecule has 6 heteroatoms. The second-order valence-corrected chi connectivity index (χ2v) is 7.64. The minimum Gasteiger partial charge on any atom is -0.349 e. The maximum absolute atomic E-state index is 12.4. The smallest absolute Gasteiger partial charge is 0.319 e. The first-order valence-electron chi connectivity index (χ1n) is 8.55. The molecule has 25 heavy (non-hydrogen) atoms. The fraction of sp³-hybridized carbons (Fsp3) is 0.368. The van der Waals surface area contributed by atoms with Crippen LogP contribution in [0.1, 0.15) is 48.0 Å². The summed E-state index contributed by atoms with van der Waals surface area (Å²) in [7, 11) is 0. The van der Waals surface area contributed by atoms with Crippen LogP contribution in [0.4, 0.5) is 10.5 Å². The lowest BCUT2D eigenvalue weighted by molar-refractivity contribution is 0.0951. The van der Waals surface area contributed by atoms with Gasteiger partial charge in [0.2, 0.25) is 0 Å². The highest BCUT2D eigenvalue weighted by Gasteiger charge is 2.24. The summed E-state index contributed by atoms with van der Waals surface area (Å²) in [6.07, 6.45) is 2.09. The summed E-state index contributed by atoms with van der Waals surface area (Å²) >= 11 is 1.63. The average Bonchev–Trinajstić information content (AvgIpc) is 3.22. The second-order valence-electron chi connectivity index (χ2n) is 6.66. The molecule has 1 fully saturated rings. The van der Waals surface area contributed by atoms with Crippen LogP contribution in [0, 0.1) is 5.92 Å². The van der Waals surface area contributed by atoms with Gasteiger partial charge in [0.25, 0.3) is 5.91 Å². The van der Waals surface area contributed by atoms with Gasteiger partial charge in [-0.1, -0.05) is 26.0 Å². The molecule has 1 aliphatic rings. The number of thiophene rings is 1. The van der Waals surface area contributed by atoms with Gasteiger partial charge in [-0.15, -0.1) is 11.3 Å². The summed E-state index contributed by atoms with van der Waals surface area (Å²) in [6.45, 7) is 4.15. The number of hydrogen-bond donors (Lipinski definition) is 3. The largest absolute Gasteiger partial charge is 0.349 e. The van der Waals surface area contributed by atoms with Gasteiger partial charge in [-0.25, -0.2) is 4.79 Å². The van der Waals surface area contributed by atoms with Crippen molar-refractivity contribution in [2.45, 2.75) is 38.8 Å². The van der Waals surface area contributed by atoms with Crippen LogP contribution in [0.25, 0.3) is 0 Å². The molecule has 1 aromatic carbocycles. The highest BCUT2D eigenvalue weighted by Crippen LogP contribution is 2.26. The molecule has 1 heterocycles. The van der Waals surface area contributed by atoms with E-state index in [0.717, 1.165) is 17.7 Å². The lowest BCUT2D eigenvalue weighted by Crippen LogP contribution is -2.34. The van der Waals surface area contributed by atoms with Crippen molar-refractivity contribution in [3.05, 3.63) is 52.2 Å². The number of carbonyl (C=O) groups excluding carboxylic acids is 2. The summed E-state index contributed by atoms with van der Waals surface area (Å²) in [4.78, 5) is 25.6. The van der Waals surface area contributed by atoms with E-state index in [4.69, 9.17) is 0 Å². The normalized spacial score (nSPS) is 14.8. The molecule has 5 nitrogen and oxygen atoms in total. The SMILES string of the molecule is CC(C)C(NC(=O)Nc1cccc(C(=O)NC2CC2)c1)c1cccs1. The molecule has 1 saturated carbocycles. The van der Waals surface area contributed by atoms with Gasteiger partial charge in [-0.2, -0.15) is 0 Å². The molecule has 0 spiro atoms. The van der Waals surface area contributed by atoms with Crippen LogP contribution < -0.4 is 16.0 Å². The van der Waals surface area contributed by atoms with Gasteiger partial charge in [0.05, 0.1) is 6.04 Å². The number of hydrogen-bond acceptors (Lipinski definition) is 3. The van der Waals surface area contributed by atoms with E-state index in [0.29, 0.717) is 17.3 Å². The van der Waals surface area contributed by atoms with Crippen LogP contribution in [0.3, 0.4) is 0 Å². The maximum Gasteiger partial charge on any atom is 0.319 e. The Hall–Kier alpha value is -2.34. The number of benzene rings is 1. The van der Waals surface area contributed by atoms with Crippen molar-refractivity contribution in [3.63, 3.8) is 0 Å². The Kier molecular flexibility index (Phi) is 5.38. The zero-order chi connectivity index (χ0) is 17.8. The topological polar surface area (TPSA) is 70.2 Å². The summed E-state index contributed by atoms with van der Waals surface area (Å²) in [5, 5.41) is 10.8. The summed E-state index contributed by atoms with van der Waals surface area (Å²) in [5.74, 6) is 0.185. The fourth-order valence-electron chi connectivity index (χ4n) is 2.58. The zero-order valence-corrected chi connectivity index (χ0v) is 15.2. The van der Waals surface area contributed by atoms with E-state index in [1.54, 1.807) is 35.6 Å². The molecule has 1 atom stereocenters. The Morgan fingerprint density at radius 1 is 1.16 bits per heavy atom. The van der Waals surface area contributed by atoms with Crippen LogP contribution in [0.5, 0.6) is 0 Å². The third kappa shape index (κ3) is 4.82. The first kappa shape index (κ1) is 17.5. The van der Waals surface area contributed by atoms with Gasteiger partial charge in [0, 0.05) is 22.2 Å². The quantitative estimate of drug-likeness (QED) is 0.726.